The maximum absolute atomic E-state index is 11.1. The van der Waals surface area contributed by atoms with E-state index in [1.807, 2.05) is 6.92 Å². The van der Waals surface area contributed by atoms with Crippen LogP contribution in [0.2, 0.25) is 0 Å². The van der Waals surface area contributed by atoms with Gasteiger partial charge in [-0.2, -0.15) is 0 Å². The molecule has 0 bridgehead atoms. The van der Waals surface area contributed by atoms with Crippen molar-refractivity contribution in [2.45, 2.75) is 37.1 Å². The van der Waals surface area contributed by atoms with E-state index in [9.17, 15) is 4.79 Å². The van der Waals surface area contributed by atoms with E-state index in [1.165, 1.54) is 18.9 Å². The average Bonchev–Trinajstić information content (AvgIpc) is 3.24. The van der Waals surface area contributed by atoms with Crippen LogP contribution in [0, 0.1) is 6.92 Å². The molecule has 1 aromatic heterocycles. The minimum absolute atomic E-state index is 0.209. The summed E-state index contributed by atoms with van der Waals surface area (Å²) < 4.78 is 4.62. The van der Waals surface area contributed by atoms with Crippen LogP contribution in [-0.2, 0) is 9.53 Å². The zero-order chi connectivity index (χ0) is 13.8. The first-order chi connectivity index (χ1) is 9.15. The Morgan fingerprint density at radius 1 is 1.53 bits per heavy atom. The number of nitrogens with two attached hydrogens (primary N) is 1. The number of methoxy groups -OCH3 is 1. The second-order valence-electron chi connectivity index (χ2n) is 4.45. The van der Waals surface area contributed by atoms with Crippen LogP contribution in [0.5, 0.6) is 0 Å². The van der Waals surface area contributed by atoms with Crippen molar-refractivity contribution in [1.29, 1.82) is 0 Å². The van der Waals surface area contributed by atoms with Crippen LogP contribution in [0.1, 0.15) is 36.6 Å². The van der Waals surface area contributed by atoms with E-state index >= 15 is 0 Å². The van der Waals surface area contributed by atoms with E-state index in [1.54, 1.807) is 0 Å². The van der Waals surface area contributed by atoms with Gasteiger partial charge in [0.25, 0.3) is 0 Å². The first-order valence-electron chi connectivity index (χ1n) is 6.20. The summed E-state index contributed by atoms with van der Waals surface area (Å²) in [7, 11) is 1.39. The molecule has 0 saturated heterocycles. The highest BCUT2D eigenvalue weighted by atomic mass is 32.2. The molecule has 1 fully saturated rings. The van der Waals surface area contributed by atoms with E-state index in [-0.39, 0.29) is 5.97 Å². The Bertz CT molecular complexity index is 477. The molecule has 3 N–H and O–H groups in total. The number of esters is 1. The third-order valence-electron chi connectivity index (χ3n) is 2.97. The predicted molar refractivity (Wildman–Crippen MR) is 73.9 cm³/mol. The summed E-state index contributed by atoms with van der Waals surface area (Å²) in [5.41, 5.74) is 3.53. The third kappa shape index (κ3) is 3.57. The molecule has 104 valence electrons. The van der Waals surface area contributed by atoms with E-state index < -0.39 is 0 Å². The summed E-state index contributed by atoms with van der Waals surface area (Å²) in [5, 5.41) is 0.883. The quantitative estimate of drug-likeness (QED) is 0.269. The molecule has 0 aliphatic heterocycles. The third-order valence-corrected chi connectivity index (χ3v) is 4.05. The SMILES string of the molecule is COC(=O)CCSc1nc(C2CC2)nc(NN)c1C. The standard InChI is InChI=1S/C12H18N4O2S/c1-7-10(16-13)14-11(8-3-4-8)15-12(7)19-6-5-9(17)18-2/h8H,3-6,13H2,1-2H3,(H,14,15,16). The summed E-state index contributed by atoms with van der Waals surface area (Å²) >= 11 is 1.53. The topological polar surface area (TPSA) is 90.1 Å². The number of hydrogen-bond donors (Lipinski definition) is 2. The van der Waals surface area contributed by atoms with Gasteiger partial charge in [0.1, 0.15) is 16.7 Å². The zero-order valence-electron chi connectivity index (χ0n) is 11.1. The molecule has 0 aromatic carbocycles. The highest BCUT2D eigenvalue weighted by molar-refractivity contribution is 7.99. The monoisotopic (exact) mass is 282 g/mol. The smallest absolute Gasteiger partial charge is 0.306 e. The molecule has 1 aliphatic carbocycles. The van der Waals surface area contributed by atoms with Gasteiger partial charge in [0.15, 0.2) is 0 Å². The minimum Gasteiger partial charge on any atom is -0.469 e. The van der Waals surface area contributed by atoms with Gasteiger partial charge in [-0.3, -0.25) is 4.79 Å². The number of aromatic nitrogens is 2. The number of anilines is 1. The number of thioether (sulfide) groups is 1. The fraction of sp³-hybridized carbons (Fsp3) is 0.583. The number of rotatable bonds is 6. The maximum atomic E-state index is 11.1. The predicted octanol–water partition coefficient (Wildman–Crippen LogP) is 1.60. The number of nitrogens with one attached hydrogen (secondary N) is 1. The van der Waals surface area contributed by atoms with E-state index in [0.717, 1.165) is 29.3 Å². The number of hydrazine groups is 1. The number of nitrogen functional groups attached to an aromatic ring is 1. The number of hydrogen-bond acceptors (Lipinski definition) is 7. The Balaban J connectivity index is 2.09. The van der Waals surface area contributed by atoms with Crippen molar-refractivity contribution in [2.75, 3.05) is 18.3 Å². The van der Waals surface area contributed by atoms with Gasteiger partial charge in [-0.15, -0.1) is 11.8 Å². The molecule has 1 aliphatic rings. The van der Waals surface area contributed by atoms with Crippen LogP contribution in [0.4, 0.5) is 5.82 Å². The Morgan fingerprint density at radius 3 is 2.84 bits per heavy atom. The lowest BCUT2D eigenvalue weighted by molar-refractivity contribution is -0.140. The maximum Gasteiger partial charge on any atom is 0.306 e. The van der Waals surface area contributed by atoms with Gasteiger partial charge in [0.05, 0.1) is 13.5 Å². The van der Waals surface area contributed by atoms with Crippen LogP contribution in [0.3, 0.4) is 0 Å². The fourth-order valence-electron chi connectivity index (χ4n) is 1.65. The molecular weight excluding hydrogens is 264 g/mol. The second kappa shape index (κ2) is 6.21. The molecule has 6 nitrogen and oxygen atoms in total. The summed E-state index contributed by atoms with van der Waals surface area (Å²) in [5.74, 6) is 7.89. The van der Waals surface area contributed by atoms with Gasteiger partial charge < -0.3 is 10.2 Å². The zero-order valence-corrected chi connectivity index (χ0v) is 11.9. The van der Waals surface area contributed by atoms with Crippen molar-refractivity contribution < 1.29 is 9.53 Å². The lowest BCUT2D eigenvalue weighted by Crippen LogP contribution is -2.13. The van der Waals surface area contributed by atoms with Crippen molar-refractivity contribution in [3.8, 4) is 0 Å². The van der Waals surface area contributed by atoms with Gasteiger partial charge in [-0.25, -0.2) is 15.8 Å². The van der Waals surface area contributed by atoms with Gasteiger partial charge >= 0.3 is 5.97 Å². The van der Waals surface area contributed by atoms with Crippen LogP contribution in [0.15, 0.2) is 5.03 Å². The van der Waals surface area contributed by atoms with Crippen molar-refractivity contribution >= 4 is 23.5 Å². The van der Waals surface area contributed by atoms with Crippen molar-refractivity contribution in [1.82, 2.24) is 9.97 Å². The summed E-state index contributed by atoms with van der Waals surface area (Å²) in [6.45, 7) is 1.92. The van der Waals surface area contributed by atoms with Crippen LogP contribution >= 0.6 is 11.8 Å². The lowest BCUT2D eigenvalue weighted by Gasteiger charge is -2.11. The number of carbonyl (C=O) groups excluding carboxylic acids is 1. The Morgan fingerprint density at radius 2 is 2.26 bits per heavy atom. The largest absolute Gasteiger partial charge is 0.469 e. The first kappa shape index (κ1) is 14.1. The molecule has 0 radical (unpaired) electrons. The molecule has 0 atom stereocenters. The number of ether oxygens (including phenoxy) is 1. The van der Waals surface area contributed by atoms with Crippen LogP contribution in [-0.4, -0.2) is 28.8 Å². The molecule has 1 saturated carbocycles. The molecule has 0 spiro atoms. The van der Waals surface area contributed by atoms with E-state index in [2.05, 4.69) is 20.1 Å². The molecule has 2 rings (SSSR count). The fourth-order valence-corrected chi connectivity index (χ4v) is 2.58. The van der Waals surface area contributed by atoms with Gasteiger partial charge in [-0.1, -0.05) is 0 Å². The summed E-state index contributed by atoms with van der Waals surface area (Å²) in [6.07, 6.45) is 2.65. The van der Waals surface area contributed by atoms with Gasteiger partial charge in [0.2, 0.25) is 0 Å². The Kier molecular flexibility index (Phi) is 4.60. The van der Waals surface area contributed by atoms with Gasteiger partial charge in [0, 0.05) is 17.2 Å². The van der Waals surface area contributed by atoms with Crippen molar-refractivity contribution in [3.05, 3.63) is 11.4 Å². The minimum atomic E-state index is -0.209. The van der Waals surface area contributed by atoms with Crippen LogP contribution in [0.25, 0.3) is 0 Å². The highest BCUT2D eigenvalue weighted by Gasteiger charge is 2.28. The second-order valence-corrected chi connectivity index (χ2v) is 5.54. The Hall–Kier alpha value is -1.34. The molecule has 1 heterocycles. The Labute approximate surface area is 116 Å². The summed E-state index contributed by atoms with van der Waals surface area (Å²) in [4.78, 5) is 20.1. The molecule has 0 amide bonds. The molecule has 0 unspecified atom stereocenters. The number of nitrogens with zero attached hydrogens (tertiary/aromatic N) is 2. The van der Waals surface area contributed by atoms with Crippen molar-refractivity contribution in [2.24, 2.45) is 5.84 Å². The molecule has 19 heavy (non-hydrogen) atoms. The molecule has 1 aromatic rings. The first-order valence-corrected chi connectivity index (χ1v) is 7.19. The number of carbonyl (C=O) groups is 1. The highest BCUT2D eigenvalue weighted by Crippen LogP contribution is 2.39. The van der Waals surface area contributed by atoms with Crippen molar-refractivity contribution in [3.63, 3.8) is 0 Å². The van der Waals surface area contributed by atoms with E-state index in [4.69, 9.17) is 5.84 Å². The van der Waals surface area contributed by atoms with E-state index in [0.29, 0.717) is 23.9 Å². The molecule has 7 heteroatoms. The van der Waals surface area contributed by atoms with Gasteiger partial charge in [-0.05, 0) is 19.8 Å². The lowest BCUT2D eigenvalue weighted by atomic mass is 10.3. The average molecular weight is 282 g/mol. The normalized spacial score (nSPS) is 14.3. The van der Waals surface area contributed by atoms with Crippen LogP contribution < -0.4 is 11.3 Å². The molecular formula is C12H18N4O2S. The summed E-state index contributed by atoms with van der Waals surface area (Å²) in [6, 6.07) is 0.